The minimum Gasteiger partial charge on any atom is -0.357 e. The number of hydrogen-bond donors (Lipinski definition) is 0. The fourth-order valence-electron chi connectivity index (χ4n) is 3.96. The third-order valence-corrected chi connectivity index (χ3v) is 6.39. The summed E-state index contributed by atoms with van der Waals surface area (Å²) >= 11 is 1.68. The van der Waals surface area contributed by atoms with E-state index in [2.05, 4.69) is 43.7 Å². The molecule has 0 N–H and O–H groups in total. The first kappa shape index (κ1) is 18.2. The van der Waals surface area contributed by atoms with Gasteiger partial charge >= 0.3 is 0 Å². The van der Waals surface area contributed by atoms with E-state index in [0.717, 1.165) is 69.5 Å². The SMILES string of the molecule is Cc1ccc(N2CCC(C(=O)N3CCCN(c4nccs4)CC3)CC2)nc1. The average molecular weight is 386 g/mol. The molecule has 1 amide bonds. The molecule has 2 fully saturated rings. The van der Waals surface area contributed by atoms with Gasteiger partial charge in [0.05, 0.1) is 0 Å². The molecule has 0 saturated carbocycles. The van der Waals surface area contributed by atoms with E-state index in [9.17, 15) is 4.79 Å². The summed E-state index contributed by atoms with van der Waals surface area (Å²) in [5.41, 5.74) is 1.18. The normalized spacial score (nSPS) is 19.2. The van der Waals surface area contributed by atoms with Crippen molar-refractivity contribution in [3.63, 3.8) is 0 Å². The molecule has 2 aromatic heterocycles. The van der Waals surface area contributed by atoms with E-state index in [-0.39, 0.29) is 5.92 Å². The van der Waals surface area contributed by atoms with Gasteiger partial charge in [-0.3, -0.25) is 4.79 Å². The number of amides is 1. The number of anilines is 2. The summed E-state index contributed by atoms with van der Waals surface area (Å²) in [4.78, 5) is 28.7. The third-order valence-electron chi connectivity index (χ3n) is 5.56. The lowest BCUT2D eigenvalue weighted by molar-refractivity contribution is -0.135. The van der Waals surface area contributed by atoms with Crippen molar-refractivity contribution >= 4 is 28.2 Å². The van der Waals surface area contributed by atoms with Gasteiger partial charge in [0.25, 0.3) is 0 Å². The van der Waals surface area contributed by atoms with Crippen LogP contribution < -0.4 is 9.80 Å². The zero-order valence-electron chi connectivity index (χ0n) is 15.9. The second-order valence-corrected chi connectivity index (χ2v) is 8.31. The summed E-state index contributed by atoms with van der Waals surface area (Å²) in [6, 6.07) is 4.19. The number of carbonyl (C=O) groups excluding carboxylic acids is 1. The maximum absolute atomic E-state index is 13.0. The molecule has 2 saturated heterocycles. The van der Waals surface area contributed by atoms with Crippen molar-refractivity contribution in [1.82, 2.24) is 14.9 Å². The number of carbonyl (C=O) groups is 1. The molecule has 0 radical (unpaired) electrons. The predicted octanol–water partition coefficient (Wildman–Crippen LogP) is 2.80. The summed E-state index contributed by atoms with van der Waals surface area (Å²) in [5.74, 6) is 1.52. The minimum absolute atomic E-state index is 0.151. The van der Waals surface area contributed by atoms with Gasteiger partial charge in [0.1, 0.15) is 5.82 Å². The Labute approximate surface area is 164 Å². The Morgan fingerprint density at radius 1 is 1.04 bits per heavy atom. The number of hydrogen-bond acceptors (Lipinski definition) is 6. The molecule has 0 atom stereocenters. The van der Waals surface area contributed by atoms with E-state index in [0.29, 0.717) is 5.91 Å². The summed E-state index contributed by atoms with van der Waals surface area (Å²) in [6.45, 7) is 7.40. The molecule has 2 aromatic rings. The van der Waals surface area contributed by atoms with Crippen LogP contribution in [0.5, 0.6) is 0 Å². The summed E-state index contributed by atoms with van der Waals surface area (Å²) in [7, 11) is 0. The Bertz CT molecular complexity index is 740. The van der Waals surface area contributed by atoms with Crippen molar-refractivity contribution in [3.05, 3.63) is 35.5 Å². The van der Waals surface area contributed by atoms with Crippen molar-refractivity contribution in [2.45, 2.75) is 26.2 Å². The maximum Gasteiger partial charge on any atom is 0.225 e. The van der Waals surface area contributed by atoms with Crippen LogP contribution in [0.3, 0.4) is 0 Å². The van der Waals surface area contributed by atoms with Crippen LogP contribution in [0.15, 0.2) is 29.9 Å². The van der Waals surface area contributed by atoms with Gasteiger partial charge < -0.3 is 14.7 Å². The molecule has 6 nitrogen and oxygen atoms in total. The molecule has 0 unspecified atom stereocenters. The molecule has 0 spiro atoms. The summed E-state index contributed by atoms with van der Waals surface area (Å²) in [5, 5.41) is 3.09. The number of aromatic nitrogens is 2. The third kappa shape index (κ3) is 4.24. The second kappa shape index (κ2) is 8.25. The van der Waals surface area contributed by atoms with Crippen LogP contribution >= 0.6 is 11.3 Å². The fraction of sp³-hybridized carbons (Fsp3) is 0.550. The fourth-order valence-corrected chi connectivity index (χ4v) is 4.66. The van der Waals surface area contributed by atoms with Crippen LogP contribution in [-0.2, 0) is 4.79 Å². The predicted molar refractivity (Wildman–Crippen MR) is 109 cm³/mol. The second-order valence-electron chi connectivity index (χ2n) is 7.44. The molecule has 2 aliphatic rings. The van der Waals surface area contributed by atoms with Gasteiger partial charge in [-0.15, -0.1) is 11.3 Å². The number of nitrogens with zero attached hydrogens (tertiary/aromatic N) is 5. The average Bonchev–Trinajstić information content (AvgIpc) is 3.13. The van der Waals surface area contributed by atoms with E-state index in [1.165, 1.54) is 5.56 Å². The van der Waals surface area contributed by atoms with Crippen molar-refractivity contribution in [2.24, 2.45) is 5.92 Å². The Morgan fingerprint density at radius 2 is 1.89 bits per heavy atom. The van der Waals surface area contributed by atoms with E-state index in [1.807, 2.05) is 17.8 Å². The highest BCUT2D eigenvalue weighted by Gasteiger charge is 2.30. The van der Waals surface area contributed by atoms with Crippen LogP contribution in [0.2, 0.25) is 0 Å². The van der Waals surface area contributed by atoms with Crippen LogP contribution in [0.4, 0.5) is 10.9 Å². The number of piperidine rings is 1. The number of aryl methyl sites for hydroxylation is 1. The lowest BCUT2D eigenvalue weighted by atomic mass is 9.95. The first-order valence-electron chi connectivity index (χ1n) is 9.81. The van der Waals surface area contributed by atoms with Gasteiger partial charge in [-0.05, 0) is 37.8 Å². The summed E-state index contributed by atoms with van der Waals surface area (Å²) in [6.07, 6.45) is 6.61. The van der Waals surface area contributed by atoms with Gasteiger partial charge in [0.15, 0.2) is 5.13 Å². The largest absolute Gasteiger partial charge is 0.357 e. The van der Waals surface area contributed by atoms with Crippen LogP contribution in [0.25, 0.3) is 0 Å². The lowest BCUT2D eigenvalue weighted by Gasteiger charge is -2.34. The van der Waals surface area contributed by atoms with Crippen LogP contribution in [-0.4, -0.2) is 60.0 Å². The van der Waals surface area contributed by atoms with Crippen molar-refractivity contribution in [3.8, 4) is 0 Å². The molecule has 0 aliphatic carbocycles. The Hall–Kier alpha value is -2.15. The molecule has 144 valence electrons. The van der Waals surface area contributed by atoms with Gasteiger partial charge in [-0.1, -0.05) is 6.07 Å². The molecular weight excluding hydrogens is 358 g/mol. The summed E-state index contributed by atoms with van der Waals surface area (Å²) < 4.78 is 0. The lowest BCUT2D eigenvalue weighted by Crippen LogP contribution is -2.44. The first-order valence-corrected chi connectivity index (χ1v) is 10.7. The van der Waals surface area contributed by atoms with Gasteiger partial charge in [0, 0.05) is 63.0 Å². The molecule has 4 heterocycles. The Balaban J connectivity index is 1.30. The van der Waals surface area contributed by atoms with Crippen molar-refractivity contribution in [1.29, 1.82) is 0 Å². The number of pyridine rings is 1. The Kier molecular flexibility index (Phi) is 5.57. The van der Waals surface area contributed by atoms with Gasteiger partial charge in [-0.2, -0.15) is 0 Å². The van der Waals surface area contributed by atoms with E-state index < -0.39 is 0 Å². The molecule has 0 bridgehead atoms. The van der Waals surface area contributed by atoms with Crippen molar-refractivity contribution in [2.75, 3.05) is 49.1 Å². The van der Waals surface area contributed by atoms with E-state index in [1.54, 1.807) is 11.3 Å². The monoisotopic (exact) mass is 385 g/mol. The topological polar surface area (TPSA) is 52.6 Å². The minimum atomic E-state index is 0.151. The zero-order valence-corrected chi connectivity index (χ0v) is 16.7. The quantitative estimate of drug-likeness (QED) is 0.813. The smallest absolute Gasteiger partial charge is 0.225 e. The standard InChI is InChI=1S/C20H27N5OS/c1-16-3-4-18(22-15-16)23-10-5-17(6-11-23)19(26)24-8-2-9-25(13-12-24)20-21-7-14-27-20/h3-4,7,14-15,17H,2,5-6,8-13H2,1H3. The Morgan fingerprint density at radius 3 is 2.59 bits per heavy atom. The molecule has 7 heteroatoms. The van der Waals surface area contributed by atoms with Gasteiger partial charge in [-0.25, -0.2) is 9.97 Å². The van der Waals surface area contributed by atoms with Crippen LogP contribution in [0, 0.1) is 12.8 Å². The molecular formula is C20H27N5OS. The molecule has 0 aromatic carbocycles. The zero-order chi connectivity index (χ0) is 18.6. The number of rotatable bonds is 3. The highest BCUT2D eigenvalue weighted by molar-refractivity contribution is 7.13. The van der Waals surface area contributed by atoms with E-state index >= 15 is 0 Å². The maximum atomic E-state index is 13.0. The van der Waals surface area contributed by atoms with E-state index in [4.69, 9.17) is 0 Å². The molecule has 4 rings (SSSR count). The van der Waals surface area contributed by atoms with Crippen molar-refractivity contribution < 1.29 is 4.79 Å². The first-order chi connectivity index (χ1) is 13.2. The van der Waals surface area contributed by atoms with Crippen LogP contribution in [0.1, 0.15) is 24.8 Å². The highest BCUT2D eigenvalue weighted by Crippen LogP contribution is 2.25. The van der Waals surface area contributed by atoms with Gasteiger partial charge in [0.2, 0.25) is 5.91 Å². The highest BCUT2D eigenvalue weighted by atomic mass is 32.1. The number of thiazole rings is 1. The molecule has 27 heavy (non-hydrogen) atoms. The molecule has 2 aliphatic heterocycles.